The standard InChI is InChI=1S/C19H24N2O6/c1-11-13(7-8-15(22)25-5)14(9-12(10-20)17(23)26-6)21-16(11)18(24)27-19(2,3)4/h9,21H,7-8H2,1-6H3/b12-9+. The van der Waals surface area contributed by atoms with Crippen LogP contribution in [0.25, 0.3) is 6.08 Å². The number of aromatic amines is 1. The van der Waals surface area contributed by atoms with Crippen LogP contribution in [0.1, 0.15) is 54.5 Å². The average molecular weight is 376 g/mol. The van der Waals surface area contributed by atoms with Crippen LogP contribution in [0.15, 0.2) is 5.57 Å². The predicted molar refractivity (Wildman–Crippen MR) is 96.6 cm³/mol. The molecule has 0 amide bonds. The molecule has 0 aromatic carbocycles. The molecular weight excluding hydrogens is 352 g/mol. The second-order valence-corrected chi connectivity index (χ2v) is 6.76. The zero-order valence-corrected chi connectivity index (χ0v) is 16.4. The van der Waals surface area contributed by atoms with E-state index in [1.807, 2.05) is 0 Å². The highest BCUT2D eigenvalue weighted by molar-refractivity contribution is 5.98. The molecule has 0 radical (unpaired) electrons. The number of nitrogens with one attached hydrogen (secondary N) is 1. The number of hydrogen-bond acceptors (Lipinski definition) is 7. The lowest BCUT2D eigenvalue weighted by Crippen LogP contribution is -2.24. The molecule has 8 heteroatoms. The Bertz CT molecular complexity index is 805. The van der Waals surface area contributed by atoms with Gasteiger partial charge in [0.2, 0.25) is 0 Å². The molecule has 27 heavy (non-hydrogen) atoms. The lowest BCUT2D eigenvalue weighted by atomic mass is 10.0. The lowest BCUT2D eigenvalue weighted by molar-refractivity contribution is -0.140. The van der Waals surface area contributed by atoms with E-state index in [1.54, 1.807) is 33.8 Å². The third kappa shape index (κ3) is 5.99. The van der Waals surface area contributed by atoms with Crippen LogP contribution in [-0.4, -0.2) is 42.7 Å². The Labute approximate surface area is 158 Å². The molecule has 0 aliphatic carbocycles. The minimum atomic E-state index is -0.803. The van der Waals surface area contributed by atoms with Gasteiger partial charge in [0.05, 0.1) is 14.2 Å². The van der Waals surface area contributed by atoms with E-state index in [2.05, 4.69) is 14.5 Å². The van der Waals surface area contributed by atoms with Crippen LogP contribution < -0.4 is 0 Å². The number of hydrogen-bond donors (Lipinski definition) is 1. The molecule has 0 bridgehead atoms. The number of aromatic nitrogens is 1. The van der Waals surface area contributed by atoms with Crippen molar-refractivity contribution in [2.45, 2.75) is 46.1 Å². The van der Waals surface area contributed by atoms with Crippen LogP contribution in [-0.2, 0) is 30.2 Å². The van der Waals surface area contributed by atoms with E-state index in [0.717, 1.165) is 7.11 Å². The van der Waals surface area contributed by atoms with E-state index in [-0.39, 0.29) is 24.1 Å². The summed E-state index contributed by atoms with van der Waals surface area (Å²) in [4.78, 5) is 38.6. The molecule has 0 saturated heterocycles. The van der Waals surface area contributed by atoms with Crippen molar-refractivity contribution in [1.29, 1.82) is 5.26 Å². The van der Waals surface area contributed by atoms with Crippen molar-refractivity contribution in [3.63, 3.8) is 0 Å². The van der Waals surface area contributed by atoms with E-state index in [0.29, 0.717) is 16.8 Å². The van der Waals surface area contributed by atoms with Crippen molar-refractivity contribution >= 4 is 24.0 Å². The first-order valence-corrected chi connectivity index (χ1v) is 8.25. The SMILES string of the molecule is COC(=O)CCc1c(/C=C(\C#N)C(=O)OC)[nH]c(C(=O)OC(C)(C)C)c1C. The highest BCUT2D eigenvalue weighted by Gasteiger charge is 2.25. The summed E-state index contributed by atoms with van der Waals surface area (Å²) in [6.07, 6.45) is 1.62. The largest absolute Gasteiger partial charge is 0.469 e. The number of esters is 3. The molecule has 0 atom stereocenters. The van der Waals surface area contributed by atoms with Crippen LogP contribution >= 0.6 is 0 Å². The second-order valence-electron chi connectivity index (χ2n) is 6.76. The molecule has 0 unspecified atom stereocenters. The van der Waals surface area contributed by atoms with Gasteiger partial charge in [-0.15, -0.1) is 0 Å². The molecule has 146 valence electrons. The molecule has 8 nitrogen and oxygen atoms in total. The Balaban J connectivity index is 3.42. The predicted octanol–water partition coefficient (Wildman–Crippen LogP) is 2.46. The van der Waals surface area contributed by atoms with E-state index >= 15 is 0 Å². The zero-order chi connectivity index (χ0) is 20.8. The highest BCUT2D eigenvalue weighted by atomic mass is 16.6. The van der Waals surface area contributed by atoms with Crippen LogP contribution in [0.3, 0.4) is 0 Å². The maximum atomic E-state index is 12.5. The summed E-state index contributed by atoms with van der Waals surface area (Å²) < 4.78 is 14.6. The summed E-state index contributed by atoms with van der Waals surface area (Å²) in [6.45, 7) is 6.93. The number of ether oxygens (including phenoxy) is 3. The summed E-state index contributed by atoms with van der Waals surface area (Å²) in [5.41, 5.74) is 0.798. The Kier molecular flexibility index (Phi) is 7.35. The minimum Gasteiger partial charge on any atom is -0.469 e. The number of rotatable bonds is 6. The number of nitrogens with zero attached hydrogens (tertiary/aromatic N) is 1. The van der Waals surface area contributed by atoms with Gasteiger partial charge in [-0.2, -0.15) is 5.26 Å². The zero-order valence-electron chi connectivity index (χ0n) is 16.4. The fraction of sp³-hybridized carbons (Fsp3) is 0.474. The van der Waals surface area contributed by atoms with E-state index in [9.17, 15) is 19.6 Å². The number of carbonyl (C=O) groups excluding carboxylic acids is 3. The topological polar surface area (TPSA) is 118 Å². The van der Waals surface area contributed by atoms with Gasteiger partial charge >= 0.3 is 17.9 Å². The molecule has 0 aliphatic rings. The number of nitriles is 1. The summed E-state index contributed by atoms with van der Waals surface area (Å²) >= 11 is 0. The van der Waals surface area contributed by atoms with Gasteiger partial charge in [0.1, 0.15) is 22.9 Å². The van der Waals surface area contributed by atoms with E-state index in [1.165, 1.54) is 13.2 Å². The summed E-state index contributed by atoms with van der Waals surface area (Å²) in [5, 5.41) is 9.18. The molecular formula is C19H24N2O6. The van der Waals surface area contributed by atoms with Crippen LogP contribution in [0.5, 0.6) is 0 Å². The van der Waals surface area contributed by atoms with Gasteiger partial charge in [-0.1, -0.05) is 0 Å². The first-order valence-electron chi connectivity index (χ1n) is 8.25. The molecule has 1 rings (SSSR count). The Morgan fingerprint density at radius 1 is 1.19 bits per heavy atom. The van der Waals surface area contributed by atoms with Crippen LogP contribution in [0.2, 0.25) is 0 Å². The molecule has 1 aromatic rings. The molecule has 1 heterocycles. The number of carbonyl (C=O) groups is 3. The maximum absolute atomic E-state index is 12.5. The fourth-order valence-corrected chi connectivity index (χ4v) is 2.36. The third-order valence-corrected chi connectivity index (χ3v) is 3.64. The van der Waals surface area contributed by atoms with Gasteiger partial charge < -0.3 is 19.2 Å². The van der Waals surface area contributed by atoms with Crippen LogP contribution in [0, 0.1) is 18.3 Å². The van der Waals surface area contributed by atoms with Crippen molar-refractivity contribution in [3.05, 3.63) is 28.1 Å². The van der Waals surface area contributed by atoms with Gasteiger partial charge in [0.15, 0.2) is 0 Å². The minimum absolute atomic E-state index is 0.0733. The van der Waals surface area contributed by atoms with Gasteiger partial charge in [-0.3, -0.25) is 4.79 Å². The van der Waals surface area contributed by atoms with E-state index in [4.69, 9.17) is 4.74 Å². The normalized spacial score (nSPS) is 11.5. The fourth-order valence-electron chi connectivity index (χ4n) is 2.36. The Hall–Kier alpha value is -3.08. The van der Waals surface area contributed by atoms with Crippen molar-refractivity contribution in [2.24, 2.45) is 0 Å². The smallest absolute Gasteiger partial charge is 0.355 e. The monoisotopic (exact) mass is 376 g/mol. The molecule has 1 N–H and O–H groups in total. The van der Waals surface area contributed by atoms with Crippen molar-refractivity contribution in [2.75, 3.05) is 14.2 Å². The molecule has 0 saturated carbocycles. The Morgan fingerprint density at radius 2 is 1.81 bits per heavy atom. The lowest BCUT2D eigenvalue weighted by Gasteiger charge is -2.19. The molecule has 0 aliphatic heterocycles. The van der Waals surface area contributed by atoms with Crippen molar-refractivity contribution in [1.82, 2.24) is 4.98 Å². The highest BCUT2D eigenvalue weighted by Crippen LogP contribution is 2.25. The van der Waals surface area contributed by atoms with Gasteiger partial charge in [-0.25, -0.2) is 9.59 Å². The molecule has 0 fully saturated rings. The van der Waals surface area contributed by atoms with Crippen molar-refractivity contribution in [3.8, 4) is 6.07 Å². The first-order chi connectivity index (χ1) is 12.5. The quantitative estimate of drug-likeness (QED) is 0.350. The molecule has 1 aromatic heterocycles. The van der Waals surface area contributed by atoms with E-state index < -0.39 is 23.5 Å². The van der Waals surface area contributed by atoms with Gasteiger partial charge in [0, 0.05) is 12.1 Å². The number of H-pyrrole nitrogens is 1. The van der Waals surface area contributed by atoms with Gasteiger partial charge in [0.25, 0.3) is 0 Å². The maximum Gasteiger partial charge on any atom is 0.355 e. The average Bonchev–Trinajstić information content (AvgIpc) is 2.91. The van der Waals surface area contributed by atoms with Gasteiger partial charge in [-0.05, 0) is 51.3 Å². The Morgan fingerprint density at radius 3 is 2.30 bits per heavy atom. The summed E-state index contributed by atoms with van der Waals surface area (Å²) in [7, 11) is 2.45. The summed E-state index contributed by atoms with van der Waals surface area (Å²) in [6, 6.07) is 1.76. The first kappa shape index (κ1) is 22.0. The summed E-state index contributed by atoms with van der Waals surface area (Å²) in [5.74, 6) is -1.80. The van der Waals surface area contributed by atoms with Crippen molar-refractivity contribution < 1.29 is 28.6 Å². The molecule has 0 spiro atoms. The number of methoxy groups -OCH3 is 2. The third-order valence-electron chi connectivity index (χ3n) is 3.64. The van der Waals surface area contributed by atoms with Crippen LogP contribution in [0.4, 0.5) is 0 Å². The second kappa shape index (κ2) is 9.03.